The lowest BCUT2D eigenvalue weighted by Crippen LogP contribution is -2.20. The summed E-state index contributed by atoms with van der Waals surface area (Å²) in [5.41, 5.74) is 1.63. The minimum absolute atomic E-state index is 0.0545. The highest BCUT2D eigenvalue weighted by molar-refractivity contribution is 5.33. The quantitative estimate of drug-likeness (QED) is 0.648. The van der Waals surface area contributed by atoms with Gasteiger partial charge in [0.15, 0.2) is 0 Å². The molecule has 0 aliphatic heterocycles. The first-order valence-corrected chi connectivity index (χ1v) is 4.34. The zero-order valence-electron chi connectivity index (χ0n) is 8.43. The lowest BCUT2D eigenvalue weighted by Gasteiger charge is -1.96. The zero-order valence-corrected chi connectivity index (χ0v) is 8.43. The van der Waals surface area contributed by atoms with Crippen molar-refractivity contribution in [3.63, 3.8) is 0 Å². The molecule has 2 rings (SSSR count). The van der Waals surface area contributed by atoms with Gasteiger partial charge in [-0.3, -0.25) is 9.25 Å². The molecule has 74 valence electrons. The lowest BCUT2D eigenvalue weighted by molar-refractivity contribution is 0.756. The van der Waals surface area contributed by atoms with Crippen LogP contribution in [0.1, 0.15) is 5.69 Å². The highest BCUT2D eigenvalue weighted by Crippen LogP contribution is 2.08. The van der Waals surface area contributed by atoms with Crippen LogP contribution in [0.5, 0.6) is 0 Å². The zero-order chi connectivity index (χ0) is 10.3. The Morgan fingerprint density at radius 1 is 1.29 bits per heavy atom. The van der Waals surface area contributed by atoms with Crippen LogP contribution in [0.25, 0.3) is 5.69 Å². The van der Waals surface area contributed by atoms with Gasteiger partial charge in [0, 0.05) is 32.7 Å². The van der Waals surface area contributed by atoms with Crippen LogP contribution in [0.3, 0.4) is 0 Å². The molecule has 0 saturated carbocycles. The summed E-state index contributed by atoms with van der Waals surface area (Å²) in [4.78, 5) is 11.6. The molecule has 0 atom stereocenters. The van der Waals surface area contributed by atoms with Gasteiger partial charge in [-0.05, 0) is 6.92 Å². The van der Waals surface area contributed by atoms with Crippen molar-refractivity contribution in [1.82, 2.24) is 18.9 Å². The Morgan fingerprint density at radius 3 is 2.43 bits per heavy atom. The molecule has 0 amide bonds. The average molecular weight is 192 g/mol. The smallest absolute Gasteiger partial charge is 0.302 e. The third kappa shape index (κ3) is 1.17. The van der Waals surface area contributed by atoms with Gasteiger partial charge in [0.05, 0.1) is 11.4 Å². The van der Waals surface area contributed by atoms with Crippen LogP contribution in [-0.4, -0.2) is 18.9 Å². The Bertz CT molecular complexity index is 517. The van der Waals surface area contributed by atoms with Crippen LogP contribution in [0.2, 0.25) is 0 Å². The second-order valence-electron chi connectivity index (χ2n) is 3.34. The van der Waals surface area contributed by atoms with Crippen molar-refractivity contribution in [1.29, 1.82) is 0 Å². The molecule has 0 bridgehead atoms. The van der Waals surface area contributed by atoms with Gasteiger partial charge in [-0.1, -0.05) is 0 Å². The number of nitrogens with zero attached hydrogens (tertiary/aromatic N) is 4. The molecule has 14 heavy (non-hydrogen) atoms. The van der Waals surface area contributed by atoms with E-state index in [9.17, 15) is 4.79 Å². The van der Waals surface area contributed by atoms with E-state index in [1.165, 1.54) is 4.57 Å². The minimum atomic E-state index is -0.0545. The number of hydrogen-bond acceptors (Lipinski definition) is 2. The van der Waals surface area contributed by atoms with Gasteiger partial charge in [0.25, 0.3) is 0 Å². The summed E-state index contributed by atoms with van der Waals surface area (Å²) in [5, 5.41) is 4.19. The van der Waals surface area contributed by atoms with E-state index in [2.05, 4.69) is 5.10 Å². The number of imidazole rings is 1. The van der Waals surface area contributed by atoms with E-state index in [-0.39, 0.29) is 5.69 Å². The van der Waals surface area contributed by atoms with E-state index in [4.69, 9.17) is 0 Å². The first-order chi connectivity index (χ1) is 6.59. The predicted octanol–water partition coefficient (Wildman–Crippen LogP) is 0.218. The topological polar surface area (TPSA) is 44.8 Å². The SMILES string of the molecule is Cc1nn(C)cc1-n1ccn(C)c1=O. The van der Waals surface area contributed by atoms with Crippen LogP contribution < -0.4 is 5.69 Å². The summed E-state index contributed by atoms with van der Waals surface area (Å²) in [6.45, 7) is 1.88. The number of hydrogen-bond donors (Lipinski definition) is 0. The first-order valence-electron chi connectivity index (χ1n) is 4.34. The van der Waals surface area contributed by atoms with Gasteiger partial charge in [-0.25, -0.2) is 4.79 Å². The van der Waals surface area contributed by atoms with Crippen LogP contribution in [0.4, 0.5) is 0 Å². The molecule has 2 heterocycles. The summed E-state index contributed by atoms with van der Waals surface area (Å²) in [7, 11) is 3.56. The number of aryl methyl sites for hydroxylation is 3. The Kier molecular flexibility index (Phi) is 1.80. The van der Waals surface area contributed by atoms with E-state index in [1.807, 2.05) is 20.2 Å². The van der Waals surface area contributed by atoms with E-state index in [0.29, 0.717) is 0 Å². The highest BCUT2D eigenvalue weighted by atomic mass is 16.1. The van der Waals surface area contributed by atoms with Crippen molar-refractivity contribution in [3.05, 3.63) is 34.8 Å². The predicted molar refractivity (Wildman–Crippen MR) is 52.5 cm³/mol. The first kappa shape index (κ1) is 8.80. The maximum absolute atomic E-state index is 11.6. The Hall–Kier alpha value is -1.78. The average Bonchev–Trinajstić information content (AvgIpc) is 2.59. The largest absolute Gasteiger partial charge is 0.332 e. The Labute approximate surface area is 81.2 Å². The Balaban J connectivity index is 2.66. The number of rotatable bonds is 1. The van der Waals surface area contributed by atoms with E-state index in [0.717, 1.165) is 11.4 Å². The molecular formula is C9H12N4O. The second-order valence-corrected chi connectivity index (χ2v) is 3.34. The van der Waals surface area contributed by atoms with Gasteiger partial charge in [0.2, 0.25) is 0 Å². The summed E-state index contributed by atoms with van der Waals surface area (Å²) >= 11 is 0. The molecule has 5 nitrogen and oxygen atoms in total. The van der Waals surface area contributed by atoms with Crippen molar-refractivity contribution >= 4 is 0 Å². The molecule has 2 aromatic rings. The molecule has 5 heteroatoms. The summed E-state index contributed by atoms with van der Waals surface area (Å²) in [6, 6.07) is 0. The fourth-order valence-corrected chi connectivity index (χ4v) is 1.47. The van der Waals surface area contributed by atoms with E-state index in [1.54, 1.807) is 28.7 Å². The van der Waals surface area contributed by atoms with Gasteiger partial charge in [-0.15, -0.1) is 0 Å². The van der Waals surface area contributed by atoms with E-state index < -0.39 is 0 Å². The van der Waals surface area contributed by atoms with Crippen molar-refractivity contribution in [3.8, 4) is 5.69 Å². The maximum atomic E-state index is 11.6. The van der Waals surface area contributed by atoms with Crippen molar-refractivity contribution in [2.75, 3.05) is 0 Å². The maximum Gasteiger partial charge on any atom is 0.332 e. The molecule has 0 spiro atoms. The molecule has 0 unspecified atom stereocenters. The van der Waals surface area contributed by atoms with Gasteiger partial charge in [0.1, 0.15) is 0 Å². The third-order valence-electron chi connectivity index (χ3n) is 2.19. The molecule has 0 saturated heterocycles. The van der Waals surface area contributed by atoms with Crippen LogP contribution >= 0.6 is 0 Å². The van der Waals surface area contributed by atoms with Gasteiger partial charge >= 0.3 is 5.69 Å². The van der Waals surface area contributed by atoms with Crippen molar-refractivity contribution < 1.29 is 0 Å². The normalized spacial score (nSPS) is 10.8. The molecule has 0 fully saturated rings. The highest BCUT2D eigenvalue weighted by Gasteiger charge is 2.08. The third-order valence-corrected chi connectivity index (χ3v) is 2.19. The van der Waals surface area contributed by atoms with Crippen LogP contribution in [-0.2, 0) is 14.1 Å². The Morgan fingerprint density at radius 2 is 2.00 bits per heavy atom. The van der Waals surface area contributed by atoms with Crippen molar-refractivity contribution in [2.45, 2.75) is 6.92 Å². The fourth-order valence-electron chi connectivity index (χ4n) is 1.47. The van der Waals surface area contributed by atoms with Crippen molar-refractivity contribution in [2.24, 2.45) is 14.1 Å². The minimum Gasteiger partial charge on any atom is -0.302 e. The van der Waals surface area contributed by atoms with Crippen LogP contribution in [0.15, 0.2) is 23.4 Å². The monoisotopic (exact) mass is 192 g/mol. The summed E-state index contributed by atoms with van der Waals surface area (Å²) < 4.78 is 4.82. The lowest BCUT2D eigenvalue weighted by atomic mass is 10.4. The molecule has 0 N–H and O–H groups in total. The second kappa shape index (κ2) is 2.87. The molecule has 0 aliphatic rings. The molecule has 0 radical (unpaired) electrons. The summed E-state index contributed by atoms with van der Waals surface area (Å²) in [6.07, 6.45) is 5.30. The summed E-state index contributed by atoms with van der Waals surface area (Å²) in [5.74, 6) is 0. The van der Waals surface area contributed by atoms with Gasteiger partial charge < -0.3 is 4.57 Å². The molecule has 0 aliphatic carbocycles. The molecule has 0 aromatic carbocycles. The molecular weight excluding hydrogens is 180 g/mol. The fraction of sp³-hybridized carbons (Fsp3) is 0.333. The molecule has 2 aromatic heterocycles. The van der Waals surface area contributed by atoms with Gasteiger partial charge in [-0.2, -0.15) is 5.10 Å². The standard InChI is InChI=1S/C9H12N4O/c1-7-8(6-12(3)10-7)13-5-4-11(2)9(13)14/h4-6H,1-3H3. The number of aromatic nitrogens is 4. The van der Waals surface area contributed by atoms with Crippen LogP contribution in [0, 0.1) is 6.92 Å². The van der Waals surface area contributed by atoms with E-state index >= 15 is 0 Å².